The average Bonchev–Trinajstić information content (AvgIpc) is 3.10. The molecule has 3 rings (SSSR count). The minimum Gasteiger partial charge on any atom is -0.383 e. The van der Waals surface area contributed by atoms with Crippen LogP contribution in [0.5, 0.6) is 0 Å². The van der Waals surface area contributed by atoms with Crippen molar-refractivity contribution in [3.05, 3.63) is 51.3 Å². The third kappa shape index (κ3) is 2.89. The van der Waals surface area contributed by atoms with Crippen LogP contribution >= 0.6 is 15.9 Å². The molecule has 1 aliphatic rings. The summed E-state index contributed by atoms with van der Waals surface area (Å²) in [7, 11) is 1.68. The maximum absolute atomic E-state index is 6.46. The van der Waals surface area contributed by atoms with Gasteiger partial charge in [-0.3, -0.25) is 4.68 Å². The standard InChI is InChI=1S/C15H18BrN3O2/c1-20-5-4-19-15(13(16)7-18-19)14(17)10-2-3-11-8-21-9-12(11)6-10/h2-3,6-7,14H,4-5,8-9,17H2,1H3. The molecule has 21 heavy (non-hydrogen) atoms. The van der Waals surface area contributed by atoms with Crippen LogP contribution in [0.1, 0.15) is 28.4 Å². The van der Waals surface area contributed by atoms with Crippen molar-refractivity contribution in [2.24, 2.45) is 5.73 Å². The normalized spacial score (nSPS) is 15.2. The lowest BCUT2D eigenvalue weighted by Crippen LogP contribution is -2.19. The van der Waals surface area contributed by atoms with Crippen LogP contribution < -0.4 is 5.73 Å². The van der Waals surface area contributed by atoms with Crippen molar-refractivity contribution in [3.8, 4) is 0 Å². The van der Waals surface area contributed by atoms with Crippen LogP contribution in [0, 0.1) is 0 Å². The molecule has 2 heterocycles. The van der Waals surface area contributed by atoms with Gasteiger partial charge in [0.25, 0.3) is 0 Å². The lowest BCUT2D eigenvalue weighted by molar-refractivity contribution is 0.134. The van der Waals surface area contributed by atoms with Crippen molar-refractivity contribution in [1.29, 1.82) is 0 Å². The van der Waals surface area contributed by atoms with E-state index in [1.807, 2.05) is 4.68 Å². The Balaban J connectivity index is 1.91. The zero-order valence-corrected chi connectivity index (χ0v) is 13.5. The highest BCUT2D eigenvalue weighted by Gasteiger charge is 2.20. The van der Waals surface area contributed by atoms with Crippen LogP contribution in [0.3, 0.4) is 0 Å². The average molecular weight is 352 g/mol. The van der Waals surface area contributed by atoms with Crippen molar-refractivity contribution >= 4 is 15.9 Å². The second-order valence-electron chi connectivity index (χ2n) is 5.09. The minimum absolute atomic E-state index is 0.232. The molecule has 1 aliphatic heterocycles. The summed E-state index contributed by atoms with van der Waals surface area (Å²) in [6.07, 6.45) is 1.78. The second-order valence-corrected chi connectivity index (χ2v) is 5.95. The molecule has 0 aliphatic carbocycles. The molecule has 0 radical (unpaired) electrons. The predicted octanol–water partition coefficient (Wildman–Crippen LogP) is 2.37. The molecule has 0 amide bonds. The first kappa shape index (κ1) is 14.7. The van der Waals surface area contributed by atoms with Gasteiger partial charge in [0.15, 0.2) is 0 Å². The smallest absolute Gasteiger partial charge is 0.0739 e. The van der Waals surface area contributed by atoms with Gasteiger partial charge >= 0.3 is 0 Å². The van der Waals surface area contributed by atoms with Crippen LogP contribution in [0.2, 0.25) is 0 Å². The third-order valence-corrected chi connectivity index (χ3v) is 4.35. The molecule has 0 saturated carbocycles. The largest absolute Gasteiger partial charge is 0.383 e. The van der Waals surface area contributed by atoms with Gasteiger partial charge < -0.3 is 15.2 Å². The van der Waals surface area contributed by atoms with E-state index < -0.39 is 0 Å². The highest BCUT2D eigenvalue weighted by Crippen LogP contribution is 2.29. The Labute approximate surface area is 132 Å². The lowest BCUT2D eigenvalue weighted by Gasteiger charge is -2.16. The quantitative estimate of drug-likeness (QED) is 0.898. The fourth-order valence-electron chi connectivity index (χ4n) is 2.58. The van der Waals surface area contributed by atoms with E-state index in [-0.39, 0.29) is 6.04 Å². The Morgan fingerprint density at radius 2 is 2.24 bits per heavy atom. The van der Waals surface area contributed by atoms with E-state index in [0.29, 0.717) is 26.4 Å². The number of halogens is 1. The van der Waals surface area contributed by atoms with Gasteiger partial charge in [0, 0.05) is 7.11 Å². The van der Waals surface area contributed by atoms with Crippen molar-refractivity contribution < 1.29 is 9.47 Å². The summed E-state index contributed by atoms with van der Waals surface area (Å²) < 4.78 is 13.4. The van der Waals surface area contributed by atoms with Crippen molar-refractivity contribution in [2.45, 2.75) is 25.8 Å². The molecule has 5 nitrogen and oxygen atoms in total. The highest BCUT2D eigenvalue weighted by atomic mass is 79.9. The molecule has 1 unspecified atom stereocenters. The molecular formula is C15H18BrN3O2. The topological polar surface area (TPSA) is 62.3 Å². The Morgan fingerprint density at radius 1 is 1.43 bits per heavy atom. The Morgan fingerprint density at radius 3 is 3.05 bits per heavy atom. The number of hydrogen-bond donors (Lipinski definition) is 1. The van der Waals surface area contributed by atoms with E-state index >= 15 is 0 Å². The number of hydrogen-bond acceptors (Lipinski definition) is 4. The van der Waals surface area contributed by atoms with E-state index in [1.54, 1.807) is 13.3 Å². The van der Waals surface area contributed by atoms with Crippen molar-refractivity contribution in [3.63, 3.8) is 0 Å². The number of aromatic nitrogens is 2. The van der Waals surface area contributed by atoms with Crippen LogP contribution in [-0.4, -0.2) is 23.5 Å². The number of fused-ring (bicyclic) bond motifs is 1. The summed E-state index contributed by atoms with van der Waals surface area (Å²) in [5, 5.41) is 4.36. The fraction of sp³-hybridized carbons (Fsp3) is 0.400. The van der Waals surface area contributed by atoms with Crippen LogP contribution in [-0.2, 0) is 29.2 Å². The highest BCUT2D eigenvalue weighted by molar-refractivity contribution is 9.10. The van der Waals surface area contributed by atoms with Crippen LogP contribution in [0.15, 0.2) is 28.9 Å². The molecule has 1 atom stereocenters. The first-order valence-electron chi connectivity index (χ1n) is 6.86. The molecule has 0 saturated heterocycles. The van der Waals surface area contributed by atoms with Crippen LogP contribution in [0.4, 0.5) is 0 Å². The molecule has 0 spiro atoms. The number of methoxy groups -OCH3 is 1. The van der Waals surface area contributed by atoms with Crippen molar-refractivity contribution in [1.82, 2.24) is 9.78 Å². The summed E-state index contributed by atoms with van der Waals surface area (Å²) >= 11 is 3.54. The molecule has 0 bridgehead atoms. The molecule has 112 valence electrons. The van der Waals surface area contributed by atoms with Gasteiger partial charge in [-0.05, 0) is 32.6 Å². The van der Waals surface area contributed by atoms with Gasteiger partial charge in [-0.15, -0.1) is 0 Å². The second kappa shape index (κ2) is 6.27. The molecule has 1 aromatic heterocycles. The number of nitrogens with zero attached hydrogens (tertiary/aromatic N) is 2. The number of nitrogens with two attached hydrogens (primary N) is 1. The first-order chi connectivity index (χ1) is 10.2. The Hall–Kier alpha value is -1.21. The van der Waals surface area contributed by atoms with Gasteiger partial charge in [-0.25, -0.2) is 0 Å². The Kier molecular flexibility index (Phi) is 4.40. The molecule has 1 aromatic carbocycles. The SMILES string of the molecule is COCCn1ncc(Br)c1C(N)c1ccc2c(c1)COC2. The van der Waals surface area contributed by atoms with Crippen LogP contribution in [0.25, 0.3) is 0 Å². The molecule has 0 fully saturated rings. The number of rotatable bonds is 5. The molecule has 2 N–H and O–H groups in total. The lowest BCUT2D eigenvalue weighted by atomic mass is 9.99. The van der Waals surface area contributed by atoms with Gasteiger partial charge in [-0.1, -0.05) is 18.2 Å². The number of ether oxygens (including phenoxy) is 2. The van der Waals surface area contributed by atoms with E-state index in [2.05, 4.69) is 39.2 Å². The van der Waals surface area contributed by atoms with E-state index in [9.17, 15) is 0 Å². The Bertz CT molecular complexity index is 642. The summed E-state index contributed by atoms with van der Waals surface area (Å²) in [5.41, 5.74) is 11.0. The summed E-state index contributed by atoms with van der Waals surface area (Å²) in [5.74, 6) is 0. The molecular weight excluding hydrogens is 334 g/mol. The minimum atomic E-state index is -0.232. The maximum atomic E-state index is 6.46. The summed E-state index contributed by atoms with van der Waals surface area (Å²) in [6, 6.07) is 6.07. The van der Waals surface area contributed by atoms with Gasteiger partial charge in [-0.2, -0.15) is 5.10 Å². The predicted molar refractivity (Wildman–Crippen MR) is 82.8 cm³/mol. The van der Waals surface area contributed by atoms with E-state index in [4.69, 9.17) is 15.2 Å². The monoisotopic (exact) mass is 351 g/mol. The van der Waals surface area contributed by atoms with Crippen molar-refractivity contribution in [2.75, 3.05) is 13.7 Å². The van der Waals surface area contributed by atoms with E-state index in [1.165, 1.54) is 11.1 Å². The van der Waals surface area contributed by atoms with Gasteiger partial charge in [0.2, 0.25) is 0 Å². The third-order valence-electron chi connectivity index (χ3n) is 3.74. The first-order valence-corrected chi connectivity index (χ1v) is 7.65. The summed E-state index contributed by atoms with van der Waals surface area (Å²) in [4.78, 5) is 0. The van der Waals surface area contributed by atoms with E-state index in [0.717, 1.165) is 15.7 Å². The zero-order chi connectivity index (χ0) is 14.8. The fourth-order valence-corrected chi connectivity index (χ4v) is 3.12. The van der Waals surface area contributed by atoms with Gasteiger partial charge in [0.05, 0.1) is 48.8 Å². The van der Waals surface area contributed by atoms with Gasteiger partial charge in [0.1, 0.15) is 0 Å². The zero-order valence-electron chi connectivity index (χ0n) is 11.9. The number of benzene rings is 1. The molecule has 2 aromatic rings. The molecule has 6 heteroatoms. The summed E-state index contributed by atoms with van der Waals surface area (Å²) in [6.45, 7) is 2.64. The maximum Gasteiger partial charge on any atom is 0.0739 e.